The minimum atomic E-state index is -0.216. The summed E-state index contributed by atoms with van der Waals surface area (Å²) in [6.07, 6.45) is 1.24. The van der Waals surface area contributed by atoms with E-state index in [9.17, 15) is 4.39 Å². The van der Waals surface area contributed by atoms with Crippen LogP contribution >= 0.6 is 0 Å². The van der Waals surface area contributed by atoms with Crippen molar-refractivity contribution in [3.8, 4) is 0 Å². The first-order valence-corrected chi connectivity index (χ1v) is 7.08. The molecule has 1 fully saturated rings. The molecule has 0 atom stereocenters. The van der Waals surface area contributed by atoms with Crippen molar-refractivity contribution in [1.29, 1.82) is 0 Å². The Kier molecular flexibility index (Phi) is 4.64. The minimum Gasteiger partial charge on any atom is -0.397 e. The molecule has 0 unspecified atom stereocenters. The van der Waals surface area contributed by atoms with Crippen LogP contribution in [-0.2, 0) is 0 Å². The van der Waals surface area contributed by atoms with Crippen LogP contribution in [-0.4, -0.2) is 37.6 Å². The smallest absolute Gasteiger partial charge is 0.125 e. The zero-order valence-electron chi connectivity index (χ0n) is 11.9. The number of benzene rings is 1. The number of anilines is 2. The quantitative estimate of drug-likeness (QED) is 0.849. The summed E-state index contributed by atoms with van der Waals surface area (Å²) in [5, 5.41) is 0. The van der Waals surface area contributed by atoms with Gasteiger partial charge in [-0.2, -0.15) is 0 Å². The molecular formula is C15H24FN3. The lowest BCUT2D eigenvalue weighted by molar-refractivity contribution is 0.244. The number of piperazine rings is 1. The van der Waals surface area contributed by atoms with Crippen molar-refractivity contribution in [3.63, 3.8) is 0 Å². The van der Waals surface area contributed by atoms with Crippen molar-refractivity contribution in [2.24, 2.45) is 5.92 Å². The van der Waals surface area contributed by atoms with Gasteiger partial charge in [0.15, 0.2) is 0 Å². The zero-order chi connectivity index (χ0) is 13.8. The van der Waals surface area contributed by atoms with Gasteiger partial charge >= 0.3 is 0 Å². The predicted octanol–water partition coefficient (Wildman–Crippen LogP) is 2.58. The number of hydrogen-bond donors (Lipinski definition) is 1. The lowest BCUT2D eigenvalue weighted by Crippen LogP contribution is -2.47. The monoisotopic (exact) mass is 265 g/mol. The van der Waals surface area contributed by atoms with Gasteiger partial charge in [0.25, 0.3) is 0 Å². The maximum absolute atomic E-state index is 13.3. The Morgan fingerprint density at radius 1 is 1.21 bits per heavy atom. The van der Waals surface area contributed by atoms with E-state index in [4.69, 9.17) is 5.73 Å². The van der Waals surface area contributed by atoms with Crippen LogP contribution in [0.2, 0.25) is 0 Å². The van der Waals surface area contributed by atoms with Crippen molar-refractivity contribution < 1.29 is 4.39 Å². The summed E-state index contributed by atoms with van der Waals surface area (Å²) in [6.45, 7) is 9.57. The number of hydrogen-bond acceptors (Lipinski definition) is 3. The van der Waals surface area contributed by atoms with Crippen LogP contribution in [0.4, 0.5) is 15.8 Å². The summed E-state index contributed by atoms with van der Waals surface area (Å²) in [5.41, 5.74) is 7.43. The first-order chi connectivity index (χ1) is 9.06. The van der Waals surface area contributed by atoms with E-state index in [-0.39, 0.29) is 5.82 Å². The normalized spacial score (nSPS) is 17.2. The van der Waals surface area contributed by atoms with Crippen LogP contribution in [0, 0.1) is 11.7 Å². The van der Waals surface area contributed by atoms with Crippen LogP contribution in [0.25, 0.3) is 0 Å². The van der Waals surface area contributed by atoms with Gasteiger partial charge in [0.05, 0.1) is 11.4 Å². The summed E-state index contributed by atoms with van der Waals surface area (Å²) >= 11 is 0. The Bertz CT molecular complexity index is 412. The lowest BCUT2D eigenvalue weighted by atomic mass is 10.1. The molecule has 2 N–H and O–H groups in total. The largest absolute Gasteiger partial charge is 0.397 e. The second kappa shape index (κ2) is 6.24. The molecule has 1 aromatic rings. The fourth-order valence-corrected chi connectivity index (χ4v) is 2.44. The molecule has 4 heteroatoms. The van der Waals surface area contributed by atoms with Crippen LogP contribution in [0.1, 0.15) is 20.3 Å². The Labute approximate surface area is 115 Å². The topological polar surface area (TPSA) is 32.5 Å². The molecule has 1 aliphatic heterocycles. The molecule has 1 heterocycles. The molecule has 0 spiro atoms. The molecule has 0 amide bonds. The lowest BCUT2D eigenvalue weighted by Gasteiger charge is -2.36. The van der Waals surface area contributed by atoms with Gasteiger partial charge in [0.1, 0.15) is 5.82 Å². The van der Waals surface area contributed by atoms with Crippen molar-refractivity contribution >= 4 is 11.4 Å². The Balaban J connectivity index is 1.90. The van der Waals surface area contributed by atoms with E-state index in [1.165, 1.54) is 12.5 Å². The van der Waals surface area contributed by atoms with Crippen molar-refractivity contribution in [2.45, 2.75) is 20.3 Å². The fourth-order valence-electron chi connectivity index (χ4n) is 2.44. The highest BCUT2D eigenvalue weighted by Crippen LogP contribution is 2.25. The summed E-state index contributed by atoms with van der Waals surface area (Å²) in [6, 6.07) is 4.60. The molecule has 3 nitrogen and oxygen atoms in total. The van der Waals surface area contributed by atoms with E-state index in [2.05, 4.69) is 23.6 Å². The van der Waals surface area contributed by atoms with Crippen LogP contribution in [0.3, 0.4) is 0 Å². The summed E-state index contributed by atoms with van der Waals surface area (Å²) < 4.78 is 13.3. The highest BCUT2D eigenvalue weighted by atomic mass is 19.1. The third-order valence-corrected chi connectivity index (χ3v) is 3.73. The molecule has 0 aliphatic carbocycles. The van der Waals surface area contributed by atoms with Crippen molar-refractivity contribution in [1.82, 2.24) is 4.90 Å². The average molecular weight is 265 g/mol. The molecule has 19 heavy (non-hydrogen) atoms. The maximum atomic E-state index is 13.3. The summed E-state index contributed by atoms with van der Waals surface area (Å²) in [4.78, 5) is 4.66. The van der Waals surface area contributed by atoms with Crippen LogP contribution in [0.15, 0.2) is 18.2 Å². The van der Waals surface area contributed by atoms with Crippen molar-refractivity contribution in [2.75, 3.05) is 43.4 Å². The zero-order valence-corrected chi connectivity index (χ0v) is 11.9. The number of rotatable bonds is 4. The van der Waals surface area contributed by atoms with Crippen LogP contribution in [0.5, 0.6) is 0 Å². The minimum absolute atomic E-state index is 0.216. The average Bonchev–Trinajstić information content (AvgIpc) is 2.40. The third-order valence-electron chi connectivity index (χ3n) is 3.73. The highest BCUT2D eigenvalue weighted by Gasteiger charge is 2.18. The van der Waals surface area contributed by atoms with Gasteiger partial charge in [-0.1, -0.05) is 13.8 Å². The molecule has 0 bridgehead atoms. The van der Waals surface area contributed by atoms with Gasteiger partial charge in [-0.15, -0.1) is 0 Å². The maximum Gasteiger partial charge on any atom is 0.125 e. The number of nitrogens with two attached hydrogens (primary N) is 1. The number of halogens is 1. The molecule has 0 saturated carbocycles. The molecule has 0 aromatic heterocycles. The molecular weight excluding hydrogens is 241 g/mol. The standard InChI is InChI=1S/C15H24FN3/c1-12(2)5-6-18-7-9-19(10-8-18)15-11-13(16)3-4-14(15)17/h3-4,11-12H,5-10,17H2,1-2H3. The molecule has 1 aromatic carbocycles. The second-order valence-electron chi connectivity index (χ2n) is 5.71. The van der Waals surface area contributed by atoms with E-state index < -0.39 is 0 Å². The van der Waals surface area contributed by atoms with Gasteiger partial charge < -0.3 is 10.6 Å². The number of nitrogen functional groups attached to an aromatic ring is 1. The van der Waals surface area contributed by atoms with Crippen LogP contribution < -0.4 is 10.6 Å². The van der Waals surface area contributed by atoms with Gasteiger partial charge in [-0.25, -0.2) is 4.39 Å². The van der Waals surface area contributed by atoms with E-state index in [0.717, 1.165) is 44.3 Å². The SMILES string of the molecule is CC(C)CCN1CCN(c2cc(F)ccc2N)CC1. The Morgan fingerprint density at radius 3 is 2.53 bits per heavy atom. The summed E-state index contributed by atoms with van der Waals surface area (Å²) in [5.74, 6) is 0.531. The fraction of sp³-hybridized carbons (Fsp3) is 0.600. The van der Waals surface area contributed by atoms with E-state index in [1.54, 1.807) is 12.1 Å². The van der Waals surface area contributed by atoms with Gasteiger partial charge in [0, 0.05) is 26.2 Å². The Morgan fingerprint density at radius 2 is 1.89 bits per heavy atom. The first kappa shape index (κ1) is 14.1. The number of nitrogens with zero attached hydrogens (tertiary/aromatic N) is 2. The van der Waals surface area contributed by atoms with Gasteiger partial charge in [0.2, 0.25) is 0 Å². The highest BCUT2D eigenvalue weighted by molar-refractivity contribution is 5.67. The van der Waals surface area contributed by atoms with E-state index in [1.807, 2.05) is 0 Å². The molecule has 2 rings (SSSR count). The predicted molar refractivity (Wildman–Crippen MR) is 78.9 cm³/mol. The molecule has 106 valence electrons. The van der Waals surface area contributed by atoms with Gasteiger partial charge in [-0.05, 0) is 37.1 Å². The second-order valence-corrected chi connectivity index (χ2v) is 5.71. The third kappa shape index (κ3) is 3.83. The van der Waals surface area contributed by atoms with Gasteiger partial charge in [-0.3, -0.25) is 4.90 Å². The molecule has 1 aliphatic rings. The van der Waals surface area contributed by atoms with E-state index in [0.29, 0.717) is 5.69 Å². The van der Waals surface area contributed by atoms with E-state index >= 15 is 0 Å². The molecule has 1 saturated heterocycles. The molecule has 0 radical (unpaired) electrons. The first-order valence-electron chi connectivity index (χ1n) is 7.08. The van der Waals surface area contributed by atoms with Crippen molar-refractivity contribution in [3.05, 3.63) is 24.0 Å². The Hall–Kier alpha value is -1.29. The summed E-state index contributed by atoms with van der Waals surface area (Å²) in [7, 11) is 0.